The third-order valence-corrected chi connectivity index (χ3v) is 2.99. The monoisotopic (exact) mass is 206 g/mol. The Kier molecular flexibility index (Phi) is 7.11. The van der Waals surface area contributed by atoms with Gasteiger partial charge in [0.15, 0.2) is 0 Å². The molecule has 0 bridgehead atoms. The van der Waals surface area contributed by atoms with Crippen LogP contribution in [0, 0.1) is 13.8 Å². The predicted molar refractivity (Wildman–Crippen MR) is 70.6 cm³/mol. The maximum absolute atomic E-state index is 2.34. The molecule has 86 valence electrons. The molecule has 0 heteroatoms. The van der Waals surface area contributed by atoms with E-state index in [2.05, 4.69) is 45.9 Å². The van der Waals surface area contributed by atoms with Crippen LogP contribution in [0.1, 0.15) is 63.1 Å². The third-order valence-electron chi connectivity index (χ3n) is 2.99. The van der Waals surface area contributed by atoms with Crippen LogP contribution in [-0.2, 0) is 0 Å². The van der Waals surface area contributed by atoms with E-state index in [1.165, 1.54) is 29.5 Å². The van der Waals surface area contributed by atoms with Gasteiger partial charge in [-0.05, 0) is 49.3 Å². The molecular weight excluding hydrogens is 180 g/mol. The summed E-state index contributed by atoms with van der Waals surface area (Å²) < 4.78 is 0. The molecule has 0 saturated heterocycles. The molecule has 0 nitrogen and oxygen atoms in total. The van der Waals surface area contributed by atoms with Crippen molar-refractivity contribution in [3.63, 3.8) is 0 Å². The Bertz CT molecular complexity index is 269. The Morgan fingerprint density at radius 3 is 1.87 bits per heavy atom. The minimum absolute atomic E-state index is 0.749. The van der Waals surface area contributed by atoms with Crippen molar-refractivity contribution < 1.29 is 0 Å². The van der Waals surface area contributed by atoms with E-state index in [4.69, 9.17) is 0 Å². The van der Waals surface area contributed by atoms with Gasteiger partial charge >= 0.3 is 0 Å². The van der Waals surface area contributed by atoms with Crippen LogP contribution < -0.4 is 0 Å². The van der Waals surface area contributed by atoms with Crippen LogP contribution in [0.5, 0.6) is 0 Å². The van der Waals surface area contributed by atoms with Gasteiger partial charge in [-0.15, -0.1) is 0 Å². The fourth-order valence-corrected chi connectivity index (χ4v) is 1.78. The fraction of sp³-hybridized carbons (Fsp3) is 0.600. The summed E-state index contributed by atoms with van der Waals surface area (Å²) in [6.45, 7) is 12.9. The molecule has 0 atom stereocenters. The van der Waals surface area contributed by atoms with Crippen molar-refractivity contribution in [1.29, 1.82) is 0 Å². The Labute approximate surface area is 95.7 Å². The minimum atomic E-state index is 0.749. The molecular formula is C15H26. The molecule has 0 aromatic heterocycles. The zero-order valence-corrected chi connectivity index (χ0v) is 11.2. The molecule has 0 aliphatic carbocycles. The quantitative estimate of drug-likeness (QED) is 0.635. The Hall–Kier alpha value is -0.780. The number of rotatable bonds is 3. The first-order valence-corrected chi connectivity index (χ1v) is 6.26. The predicted octanol–water partition coefficient (Wildman–Crippen LogP) is 5.23. The van der Waals surface area contributed by atoms with E-state index in [1.807, 2.05) is 13.8 Å². The van der Waals surface area contributed by atoms with Crippen molar-refractivity contribution in [2.45, 2.75) is 60.3 Å². The maximum atomic E-state index is 2.34. The van der Waals surface area contributed by atoms with Crippen LogP contribution in [-0.4, -0.2) is 0 Å². The van der Waals surface area contributed by atoms with Gasteiger partial charge in [0.1, 0.15) is 0 Å². The van der Waals surface area contributed by atoms with E-state index in [0.29, 0.717) is 0 Å². The van der Waals surface area contributed by atoms with Crippen LogP contribution in [0.15, 0.2) is 18.2 Å². The lowest BCUT2D eigenvalue weighted by molar-refractivity contribution is 0.641. The summed E-state index contributed by atoms with van der Waals surface area (Å²) >= 11 is 0. The zero-order chi connectivity index (χ0) is 11.8. The van der Waals surface area contributed by atoms with Gasteiger partial charge in [-0.25, -0.2) is 0 Å². The summed E-state index contributed by atoms with van der Waals surface area (Å²) in [5.74, 6) is 0.749. The fourth-order valence-electron chi connectivity index (χ4n) is 1.78. The van der Waals surface area contributed by atoms with Crippen molar-refractivity contribution >= 4 is 0 Å². The first-order chi connectivity index (χ1) is 7.19. The van der Waals surface area contributed by atoms with Crippen molar-refractivity contribution in [3.05, 3.63) is 34.9 Å². The Morgan fingerprint density at radius 1 is 0.933 bits per heavy atom. The standard InChI is InChI=1S/C13H20.C2H6/c1-5-12(6-2)13-8-7-10(3)11(4)9-13;1-2/h7-9,12H,5-6H2,1-4H3;1-2H3. The van der Waals surface area contributed by atoms with Gasteiger partial charge in [0.05, 0.1) is 0 Å². The van der Waals surface area contributed by atoms with Gasteiger partial charge < -0.3 is 0 Å². The summed E-state index contributed by atoms with van der Waals surface area (Å²) in [6.07, 6.45) is 2.50. The van der Waals surface area contributed by atoms with Crippen LogP contribution in [0.4, 0.5) is 0 Å². The van der Waals surface area contributed by atoms with Crippen molar-refractivity contribution in [3.8, 4) is 0 Å². The van der Waals surface area contributed by atoms with Crippen molar-refractivity contribution in [2.24, 2.45) is 0 Å². The molecule has 0 unspecified atom stereocenters. The van der Waals surface area contributed by atoms with Crippen LogP contribution in [0.2, 0.25) is 0 Å². The molecule has 0 fully saturated rings. The molecule has 0 aliphatic heterocycles. The largest absolute Gasteiger partial charge is 0.0683 e. The highest BCUT2D eigenvalue weighted by Crippen LogP contribution is 2.24. The number of aryl methyl sites for hydroxylation is 2. The second-order valence-corrected chi connectivity index (χ2v) is 3.86. The maximum Gasteiger partial charge on any atom is -0.0167 e. The van der Waals surface area contributed by atoms with E-state index in [1.54, 1.807) is 0 Å². The second-order valence-electron chi connectivity index (χ2n) is 3.86. The summed E-state index contributed by atoms with van der Waals surface area (Å²) in [6, 6.07) is 6.86. The average molecular weight is 206 g/mol. The lowest BCUT2D eigenvalue weighted by Crippen LogP contribution is -1.96. The van der Waals surface area contributed by atoms with Crippen LogP contribution in [0.3, 0.4) is 0 Å². The van der Waals surface area contributed by atoms with Crippen molar-refractivity contribution in [1.82, 2.24) is 0 Å². The van der Waals surface area contributed by atoms with E-state index in [-0.39, 0.29) is 0 Å². The second kappa shape index (κ2) is 7.50. The van der Waals surface area contributed by atoms with Gasteiger partial charge in [-0.1, -0.05) is 45.9 Å². The minimum Gasteiger partial charge on any atom is -0.0683 e. The van der Waals surface area contributed by atoms with Gasteiger partial charge in [-0.2, -0.15) is 0 Å². The van der Waals surface area contributed by atoms with E-state index < -0.39 is 0 Å². The molecule has 0 aliphatic rings. The molecule has 1 rings (SSSR count). The summed E-state index contributed by atoms with van der Waals surface area (Å²) in [5, 5.41) is 0. The van der Waals surface area contributed by atoms with E-state index >= 15 is 0 Å². The SMILES string of the molecule is CC.CCC(CC)c1ccc(C)c(C)c1. The normalized spacial score (nSPS) is 9.80. The summed E-state index contributed by atoms with van der Waals surface area (Å²) in [5.41, 5.74) is 4.33. The zero-order valence-electron chi connectivity index (χ0n) is 11.2. The molecule has 0 N–H and O–H groups in total. The van der Waals surface area contributed by atoms with Gasteiger partial charge in [0.25, 0.3) is 0 Å². The Morgan fingerprint density at radius 2 is 1.47 bits per heavy atom. The average Bonchev–Trinajstić information content (AvgIpc) is 2.28. The van der Waals surface area contributed by atoms with E-state index in [9.17, 15) is 0 Å². The highest BCUT2D eigenvalue weighted by molar-refractivity contribution is 5.31. The molecule has 1 aromatic carbocycles. The first kappa shape index (κ1) is 14.2. The van der Waals surface area contributed by atoms with Crippen LogP contribution >= 0.6 is 0 Å². The van der Waals surface area contributed by atoms with Crippen molar-refractivity contribution in [2.75, 3.05) is 0 Å². The van der Waals surface area contributed by atoms with Gasteiger partial charge in [0.2, 0.25) is 0 Å². The smallest absolute Gasteiger partial charge is 0.0167 e. The molecule has 1 aromatic rings. The highest BCUT2D eigenvalue weighted by atomic mass is 14.1. The van der Waals surface area contributed by atoms with Crippen LogP contribution in [0.25, 0.3) is 0 Å². The van der Waals surface area contributed by atoms with Gasteiger partial charge in [0, 0.05) is 0 Å². The summed E-state index contributed by atoms with van der Waals surface area (Å²) in [4.78, 5) is 0. The number of hydrogen-bond acceptors (Lipinski definition) is 0. The third kappa shape index (κ3) is 4.07. The first-order valence-electron chi connectivity index (χ1n) is 6.26. The lowest BCUT2D eigenvalue weighted by atomic mass is 9.92. The van der Waals surface area contributed by atoms with Gasteiger partial charge in [-0.3, -0.25) is 0 Å². The molecule has 15 heavy (non-hydrogen) atoms. The molecule has 0 amide bonds. The lowest BCUT2D eigenvalue weighted by Gasteiger charge is -2.14. The highest BCUT2D eigenvalue weighted by Gasteiger charge is 2.06. The Balaban J connectivity index is 0.000000921. The molecule has 0 saturated carbocycles. The number of benzene rings is 1. The molecule has 0 radical (unpaired) electrons. The number of hydrogen-bond donors (Lipinski definition) is 0. The topological polar surface area (TPSA) is 0 Å². The molecule has 0 spiro atoms. The summed E-state index contributed by atoms with van der Waals surface area (Å²) in [7, 11) is 0. The van der Waals surface area contributed by atoms with E-state index in [0.717, 1.165) is 5.92 Å². The molecule has 0 heterocycles.